The van der Waals surface area contributed by atoms with E-state index in [1.165, 1.54) is 18.9 Å². The molecular formula is C27H30N4O2. The van der Waals surface area contributed by atoms with Gasteiger partial charge in [0.25, 0.3) is 5.56 Å². The quantitative estimate of drug-likeness (QED) is 0.418. The first-order valence-electron chi connectivity index (χ1n) is 11.7. The molecule has 0 unspecified atom stereocenters. The number of nitrogens with zero attached hydrogens (tertiary/aromatic N) is 4. The molecule has 0 radical (unpaired) electrons. The van der Waals surface area contributed by atoms with Gasteiger partial charge in [0.15, 0.2) is 0 Å². The van der Waals surface area contributed by atoms with Gasteiger partial charge in [-0.3, -0.25) is 18.9 Å². The molecule has 1 saturated heterocycles. The van der Waals surface area contributed by atoms with E-state index in [0.717, 1.165) is 35.2 Å². The lowest BCUT2D eigenvalue weighted by Crippen LogP contribution is -2.35. The average molecular weight is 443 g/mol. The summed E-state index contributed by atoms with van der Waals surface area (Å²) in [5.74, 6) is 0.569. The SMILES string of the molecule is C[C@@H]1CC[C@@H](C)N1CCn1ncc2cc(-n3ccc(OCc4ccccc4)cc3=O)ccc21. The highest BCUT2D eigenvalue weighted by atomic mass is 16.5. The minimum atomic E-state index is -0.121. The van der Waals surface area contributed by atoms with Gasteiger partial charge >= 0.3 is 0 Å². The van der Waals surface area contributed by atoms with E-state index in [0.29, 0.717) is 24.4 Å². The second kappa shape index (κ2) is 9.24. The molecule has 0 amide bonds. The molecule has 6 nitrogen and oxygen atoms in total. The van der Waals surface area contributed by atoms with E-state index in [-0.39, 0.29) is 5.56 Å². The highest BCUT2D eigenvalue weighted by Crippen LogP contribution is 2.24. The predicted octanol–water partition coefficient (Wildman–Crippen LogP) is 4.64. The van der Waals surface area contributed by atoms with Gasteiger partial charge in [-0.25, -0.2) is 0 Å². The fourth-order valence-corrected chi connectivity index (χ4v) is 4.81. The van der Waals surface area contributed by atoms with E-state index in [4.69, 9.17) is 4.74 Å². The van der Waals surface area contributed by atoms with Crippen molar-refractivity contribution in [3.8, 4) is 11.4 Å². The summed E-state index contributed by atoms with van der Waals surface area (Å²) in [6, 6.07) is 20.6. The van der Waals surface area contributed by atoms with Crippen LogP contribution in [0.1, 0.15) is 32.3 Å². The minimum absolute atomic E-state index is 0.121. The van der Waals surface area contributed by atoms with Crippen molar-refractivity contribution >= 4 is 10.9 Å². The van der Waals surface area contributed by atoms with E-state index >= 15 is 0 Å². The Hall–Kier alpha value is -3.38. The largest absolute Gasteiger partial charge is 0.489 e. The van der Waals surface area contributed by atoms with Gasteiger partial charge < -0.3 is 4.74 Å². The second-order valence-electron chi connectivity index (χ2n) is 8.97. The Bertz CT molecular complexity index is 1280. The Morgan fingerprint density at radius 2 is 1.76 bits per heavy atom. The zero-order valence-electron chi connectivity index (χ0n) is 19.2. The van der Waals surface area contributed by atoms with E-state index in [2.05, 4.69) is 34.6 Å². The number of benzene rings is 2. The summed E-state index contributed by atoms with van der Waals surface area (Å²) in [4.78, 5) is 15.3. The highest BCUT2D eigenvalue weighted by Gasteiger charge is 2.26. The van der Waals surface area contributed by atoms with Crippen LogP contribution in [0.5, 0.6) is 5.75 Å². The molecule has 0 bridgehead atoms. The summed E-state index contributed by atoms with van der Waals surface area (Å²) in [6.45, 7) is 6.93. The summed E-state index contributed by atoms with van der Waals surface area (Å²) in [5, 5.41) is 5.65. The fraction of sp³-hybridized carbons (Fsp3) is 0.333. The van der Waals surface area contributed by atoms with Crippen LogP contribution in [0.3, 0.4) is 0 Å². The molecule has 3 heterocycles. The summed E-state index contributed by atoms with van der Waals surface area (Å²) in [7, 11) is 0. The van der Waals surface area contributed by atoms with Crippen LogP contribution in [0.4, 0.5) is 0 Å². The molecule has 1 aliphatic heterocycles. The summed E-state index contributed by atoms with van der Waals surface area (Å²) >= 11 is 0. The molecule has 0 spiro atoms. The normalized spacial score (nSPS) is 18.7. The Labute approximate surface area is 194 Å². The van der Waals surface area contributed by atoms with Crippen molar-refractivity contribution in [2.75, 3.05) is 6.54 Å². The maximum Gasteiger partial charge on any atom is 0.258 e. The molecule has 2 atom stereocenters. The highest BCUT2D eigenvalue weighted by molar-refractivity contribution is 5.80. The lowest BCUT2D eigenvalue weighted by molar-refractivity contribution is 0.204. The molecule has 0 aliphatic carbocycles. The number of rotatable bonds is 7. The molecule has 5 rings (SSSR count). The van der Waals surface area contributed by atoms with Crippen molar-refractivity contribution in [1.82, 2.24) is 19.2 Å². The van der Waals surface area contributed by atoms with Crippen LogP contribution in [0.2, 0.25) is 0 Å². The van der Waals surface area contributed by atoms with Crippen LogP contribution >= 0.6 is 0 Å². The molecule has 33 heavy (non-hydrogen) atoms. The third-order valence-electron chi connectivity index (χ3n) is 6.75. The second-order valence-corrected chi connectivity index (χ2v) is 8.97. The van der Waals surface area contributed by atoms with Gasteiger partial charge in [0.2, 0.25) is 0 Å². The van der Waals surface area contributed by atoms with Crippen LogP contribution in [-0.4, -0.2) is 37.9 Å². The number of fused-ring (bicyclic) bond motifs is 1. The van der Waals surface area contributed by atoms with Crippen LogP contribution in [0.15, 0.2) is 77.9 Å². The van der Waals surface area contributed by atoms with Crippen LogP contribution in [0, 0.1) is 0 Å². The number of hydrogen-bond acceptors (Lipinski definition) is 4. The Morgan fingerprint density at radius 1 is 0.970 bits per heavy atom. The van der Waals surface area contributed by atoms with Crippen molar-refractivity contribution in [3.05, 3.63) is 89.0 Å². The molecule has 2 aromatic heterocycles. The maximum atomic E-state index is 12.8. The molecule has 0 saturated carbocycles. The zero-order chi connectivity index (χ0) is 22.8. The Morgan fingerprint density at radius 3 is 2.52 bits per heavy atom. The third kappa shape index (κ3) is 4.57. The monoisotopic (exact) mass is 442 g/mol. The van der Waals surface area contributed by atoms with Crippen molar-refractivity contribution < 1.29 is 4.74 Å². The van der Waals surface area contributed by atoms with E-state index in [1.807, 2.05) is 54.7 Å². The van der Waals surface area contributed by atoms with E-state index in [9.17, 15) is 4.79 Å². The molecule has 2 aromatic carbocycles. The van der Waals surface area contributed by atoms with Gasteiger partial charge in [0, 0.05) is 42.0 Å². The van der Waals surface area contributed by atoms with Crippen molar-refractivity contribution in [2.45, 2.75) is 51.9 Å². The predicted molar refractivity (Wildman–Crippen MR) is 131 cm³/mol. The number of pyridine rings is 1. The van der Waals surface area contributed by atoms with Crippen molar-refractivity contribution in [3.63, 3.8) is 0 Å². The van der Waals surface area contributed by atoms with Gasteiger partial charge in [-0.2, -0.15) is 5.10 Å². The number of hydrogen-bond donors (Lipinski definition) is 0. The van der Waals surface area contributed by atoms with E-state index < -0.39 is 0 Å². The third-order valence-corrected chi connectivity index (χ3v) is 6.75. The molecular weight excluding hydrogens is 412 g/mol. The number of likely N-dealkylation sites (tertiary alicyclic amines) is 1. The van der Waals surface area contributed by atoms with Gasteiger partial charge in [-0.1, -0.05) is 30.3 Å². The summed E-state index contributed by atoms with van der Waals surface area (Å²) in [5.41, 5.74) is 2.86. The van der Waals surface area contributed by atoms with Crippen LogP contribution < -0.4 is 10.3 Å². The average Bonchev–Trinajstić information content (AvgIpc) is 3.38. The van der Waals surface area contributed by atoms with Gasteiger partial charge in [0.05, 0.1) is 18.3 Å². The molecule has 4 aromatic rings. The van der Waals surface area contributed by atoms with Crippen LogP contribution in [0.25, 0.3) is 16.6 Å². The number of ether oxygens (including phenoxy) is 1. The first kappa shape index (κ1) is 21.5. The lowest BCUT2D eigenvalue weighted by atomic mass is 10.2. The molecule has 0 N–H and O–H groups in total. The zero-order valence-corrected chi connectivity index (χ0v) is 19.2. The summed E-state index contributed by atoms with van der Waals surface area (Å²) < 4.78 is 9.50. The lowest BCUT2D eigenvalue weighted by Gasteiger charge is -2.25. The Balaban J connectivity index is 1.30. The molecule has 170 valence electrons. The standard InChI is InChI=1S/C27H30N4O2/c1-20-8-9-21(2)29(20)14-15-31-26-11-10-24(16-23(26)18-28-31)30-13-12-25(17-27(30)32)33-19-22-6-4-3-5-7-22/h3-7,10-13,16-18,20-21H,8-9,14-15,19H2,1-2H3/t20-,21-/m1/s1. The number of aromatic nitrogens is 3. The smallest absolute Gasteiger partial charge is 0.258 e. The van der Waals surface area contributed by atoms with Gasteiger partial charge in [-0.05, 0) is 56.5 Å². The summed E-state index contributed by atoms with van der Waals surface area (Å²) in [6.07, 6.45) is 6.20. The minimum Gasteiger partial charge on any atom is -0.489 e. The van der Waals surface area contributed by atoms with E-state index in [1.54, 1.807) is 10.8 Å². The van der Waals surface area contributed by atoms with Crippen molar-refractivity contribution in [1.29, 1.82) is 0 Å². The molecule has 1 fully saturated rings. The fourth-order valence-electron chi connectivity index (χ4n) is 4.81. The molecule has 6 heteroatoms. The topological polar surface area (TPSA) is 52.3 Å². The molecule has 1 aliphatic rings. The van der Waals surface area contributed by atoms with Gasteiger partial charge in [-0.15, -0.1) is 0 Å². The Kier molecular flexibility index (Phi) is 6.01. The maximum absolute atomic E-state index is 12.8. The first-order chi connectivity index (χ1) is 16.1. The first-order valence-corrected chi connectivity index (χ1v) is 11.7. The van der Waals surface area contributed by atoms with Crippen molar-refractivity contribution in [2.24, 2.45) is 0 Å². The van der Waals surface area contributed by atoms with Crippen LogP contribution in [-0.2, 0) is 13.2 Å². The van der Waals surface area contributed by atoms with Gasteiger partial charge in [0.1, 0.15) is 12.4 Å².